The number of piperazine rings is 1. The Morgan fingerprint density at radius 1 is 0.950 bits per heavy atom. The van der Waals surface area contributed by atoms with Gasteiger partial charge in [-0.25, -0.2) is 29.1 Å². The van der Waals surface area contributed by atoms with E-state index in [2.05, 4.69) is 38.8 Å². The number of amides is 2. The molecule has 0 saturated carbocycles. The lowest BCUT2D eigenvalue weighted by atomic mass is 9.99. The van der Waals surface area contributed by atoms with Crippen molar-refractivity contribution in [2.24, 2.45) is 5.92 Å². The third-order valence-electron chi connectivity index (χ3n) is 4.77. The zero-order chi connectivity index (χ0) is 31.6. The van der Waals surface area contributed by atoms with Gasteiger partial charge in [0.05, 0.1) is 25.5 Å². The number of carboxylic acids is 2. The van der Waals surface area contributed by atoms with E-state index in [0.29, 0.717) is 31.4 Å². The van der Waals surface area contributed by atoms with Gasteiger partial charge in [0.2, 0.25) is 0 Å². The van der Waals surface area contributed by atoms with Gasteiger partial charge < -0.3 is 30.1 Å². The molecule has 1 aliphatic heterocycles. The maximum absolute atomic E-state index is 12.6. The number of carboxylic acid groups (broad SMARTS) is 2. The Bertz CT molecular complexity index is 987. The predicted octanol–water partition coefficient (Wildman–Crippen LogP) is 3.18. The van der Waals surface area contributed by atoms with E-state index < -0.39 is 30.3 Å². The first-order valence-corrected chi connectivity index (χ1v) is 11.4. The van der Waals surface area contributed by atoms with Crippen LogP contribution < -0.4 is 10.2 Å². The molecule has 1 aromatic rings. The molecule has 1 fully saturated rings. The molecule has 1 saturated heterocycles. The Balaban J connectivity index is 0.000000894. The van der Waals surface area contributed by atoms with E-state index in [1.807, 2.05) is 25.7 Å². The Morgan fingerprint density at radius 2 is 1.43 bits per heavy atom. The van der Waals surface area contributed by atoms with E-state index >= 15 is 0 Å². The molecule has 228 valence electrons. The fraction of sp³-hybridized carbons (Fsp3) is 0.636. The molecule has 2 rings (SSSR count). The highest BCUT2D eigenvalue weighted by molar-refractivity contribution is 5.86. The number of methoxy groups -OCH3 is 1. The lowest BCUT2D eigenvalue weighted by Crippen LogP contribution is -2.61. The van der Waals surface area contributed by atoms with Crippen molar-refractivity contribution >= 4 is 29.8 Å². The number of carbonyl (C=O) groups excluding carboxylic acids is 2. The monoisotopic (exact) mass is 591 g/mol. The van der Waals surface area contributed by atoms with Gasteiger partial charge >= 0.3 is 36.3 Å². The lowest BCUT2D eigenvalue weighted by molar-refractivity contribution is -0.193. The Kier molecular flexibility index (Phi) is 13.1. The minimum atomic E-state index is -5.08. The van der Waals surface area contributed by atoms with Gasteiger partial charge in [-0.3, -0.25) is 0 Å². The molecule has 18 heteroatoms. The molecule has 0 aliphatic carbocycles. The molecule has 0 radical (unpaired) electrons. The molecule has 12 nitrogen and oxygen atoms in total. The number of anilines is 1. The second kappa shape index (κ2) is 14.5. The van der Waals surface area contributed by atoms with Gasteiger partial charge in [0, 0.05) is 25.2 Å². The molecule has 0 bridgehead atoms. The van der Waals surface area contributed by atoms with E-state index in [9.17, 15) is 35.9 Å². The SMILES string of the molecule is COC(=O)c1cnc(N2CCN(C(=O)NC(C)(C)C)C(C(C)C)C2)cn1.O=C(O)C(F)(F)F.O=C(O)C(F)(F)F. The van der Waals surface area contributed by atoms with E-state index in [1.54, 1.807) is 6.20 Å². The van der Waals surface area contributed by atoms with Gasteiger partial charge in [-0.05, 0) is 26.7 Å². The molecule has 2 heterocycles. The van der Waals surface area contributed by atoms with Crippen LogP contribution in [-0.4, -0.2) is 99.7 Å². The number of halogens is 6. The van der Waals surface area contributed by atoms with Crippen LogP contribution in [0.1, 0.15) is 45.1 Å². The molecule has 1 aliphatic rings. The average Bonchev–Trinajstić information content (AvgIpc) is 2.81. The average molecular weight is 592 g/mol. The van der Waals surface area contributed by atoms with Gasteiger partial charge in [0.1, 0.15) is 5.82 Å². The number of hydrogen-bond acceptors (Lipinski definition) is 8. The second-order valence-corrected chi connectivity index (χ2v) is 9.49. The molecular weight excluding hydrogens is 560 g/mol. The van der Waals surface area contributed by atoms with Gasteiger partial charge in [0.15, 0.2) is 5.69 Å². The van der Waals surface area contributed by atoms with E-state index in [-0.39, 0.29) is 23.3 Å². The number of nitrogens with zero attached hydrogens (tertiary/aromatic N) is 4. The van der Waals surface area contributed by atoms with Gasteiger partial charge in [0.25, 0.3) is 0 Å². The van der Waals surface area contributed by atoms with E-state index in [0.717, 1.165) is 0 Å². The molecule has 1 atom stereocenters. The molecule has 0 aromatic carbocycles. The standard InChI is InChI=1S/C18H29N5O3.2C2HF3O2/c1-12(2)14-11-22(7-8-23(14)17(25)21-18(3,4)5)15-10-19-13(9-20-15)16(24)26-6;2*3-2(4,5)1(6)7/h9-10,12,14H,7-8,11H2,1-6H3,(H,21,25);2*(H,6,7). The largest absolute Gasteiger partial charge is 0.490 e. The van der Waals surface area contributed by atoms with Crippen LogP contribution in [0.4, 0.5) is 37.0 Å². The van der Waals surface area contributed by atoms with Crippen molar-refractivity contribution in [2.75, 3.05) is 31.6 Å². The summed E-state index contributed by atoms with van der Waals surface area (Å²) in [5.74, 6) is -5.03. The zero-order valence-corrected chi connectivity index (χ0v) is 22.4. The Hall–Kier alpha value is -3.86. The molecular formula is C22H31F6N5O7. The summed E-state index contributed by atoms with van der Waals surface area (Å²) in [6.45, 7) is 12.1. The zero-order valence-electron chi connectivity index (χ0n) is 22.4. The normalized spacial score (nSPS) is 15.7. The number of hydrogen-bond donors (Lipinski definition) is 3. The van der Waals surface area contributed by atoms with E-state index in [4.69, 9.17) is 19.8 Å². The maximum Gasteiger partial charge on any atom is 0.490 e. The Morgan fingerprint density at radius 3 is 1.75 bits per heavy atom. The van der Waals surface area contributed by atoms with E-state index in [1.165, 1.54) is 13.3 Å². The summed E-state index contributed by atoms with van der Waals surface area (Å²) in [6.07, 6.45) is -7.17. The summed E-state index contributed by atoms with van der Waals surface area (Å²) < 4.78 is 68.1. The molecule has 1 aromatic heterocycles. The van der Waals surface area contributed by atoms with Crippen LogP contribution >= 0.6 is 0 Å². The van der Waals surface area contributed by atoms with Gasteiger partial charge in [-0.2, -0.15) is 26.3 Å². The van der Waals surface area contributed by atoms with Crippen LogP contribution in [0, 0.1) is 5.92 Å². The third kappa shape index (κ3) is 12.8. The fourth-order valence-electron chi connectivity index (χ4n) is 2.93. The number of nitrogens with one attached hydrogen (secondary N) is 1. The van der Waals surface area contributed by atoms with Crippen LogP contribution in [-0.2, 0) is 14.3 Å². The summed E-state index contributed by atoms with van der Waals surface area (Å²) in [5.41, 5.74) is -0.0925. The minimum Gasteiger partial charge on any atom is -0.475 e. The van der Waals surface area contributed by atoms with Crippen molar-refractivity contribution in [3.63, 3.8) is 0 Å². The number of urea groups is 1. The number of rotatable bonds is 3. The van der Waals surface area contributed by atoms with Crippen molar-refractivity contribution < 1.29 is 60.5 Å². The summed E-state index contributed by atoms with van der Waals surface area (Å²) in [5, 5.41) is 17.3. The van der Waals surface area contributed by atoms with Crippen LogP contribution in [0.15, 0.2) is 12.4 Å². The summed E-state index contributed by atoms with van der Waals surface area (Å²) >= 11 is 0. The quantitative estimate of drug-likeness (QED) is 0.352. The molecule has 3 N–H and O–H groups in total. The van der Waals surface area contributed by atoms with Gasteiger partial charge in [-0.15, -0.1) is 0 Å². The molecule has 40 heavy (non-hydrogen) atoms. The first-order valence-electron chi connectivity index (χ1n) is 11.4. The number of ether oxygens (including phenoxy) is 1. The maximum atomic E-state index is 12.6. The molecule has 1 unspecified atom stereocenters. The van der Waals surface area contributed by atoms with Crippen LogP contribution in [0.2, 0.25) is 0 Å². The molecule has 2 amide bonds. The van der Waals surface area contributed by atoms with Crippen LogP contribution in [0.5, 0.6) is 0 Å². The number of alkyl halides is 6. The van der Waals surface area contributed by atoms with Crippen LogP contribution in [0.3, 0.4) is 0 Å². The van der Waals surface area contributed by atoms with Crippen molar-refractivity contribution in [1.82, 2.24) is 20.2 Å². The highest BCUT2D eigenvalue weighted by Crippen LogP contribution is 2.22. The van der Waals surface area contributed by atoms with Crippen molar-refractivity contribution in [2.45, 2.75) is 58.6 Å². The summed E-state index contributed by atoms with van der Waals surface area (Å²) in [7, 11) is 1.31. The number of esters is 1. The van der Waals surface area contributed by atoms with Gasteiger partial charge in [-0.1, -0.05) is 13.8 Å². The van der Waals surface area contributed by atoms with Crippen molar-refractivity contribution in [3.05, 3.63) is 18.1 Å². The first kappa shape index (κ1) is 36.1. The second-order valence-electron chi connectivity index (χ2n) is 9.49. The van der Waals surface area contributed by atoms with Crippen molar-refractivity contribution in [3.8, 4) is 0 Å². The van der Waals surface area contributed by atoms with Crippen molar-refractivity contribution in [1.29, 1.82) is 0 Å². The number of carbonyl (C=O) groups is 4. The fourth-order valence-corrected chi connectivity index (χ4v) is 2.93. The highest BCUT2D eigenvalue weighted by atomic mass is 19.4. The number of aromatic nitrogens is 2. The lowest BCUT2D eigenvalue weighted by Gasteiger charge is -2.44. The van der Waals surface area contributed by atoms with Crippen LogP contribution in [0.25, 0.3) is 0 Å². The first-order chi connectivity index (χ1) is 18.0. The smallest absolute Gasteiger partial charge is 0.475 e. The molecule has 0 spiro atoms. The summed E-state index contributed by atoms with van der Waals surface area (Å²) in [4.78, 5) is 54.4. The third-order valence-corrected chi connectivity index (χ3v) is 4.77. The number of aliphatic carboxylic acids is 2. The predicted molar refractivity (Wildman–Crippen MR) is 127 cm³/mol. The highest BCUT2D eigenvalue weighted by Gasteiger charge is 2.39. The topological polar surface area (TPSA) is 162 Å². The Labute approximate surface area is 225 Å². The summed E-state index contributed by atoms with van der Waals surface area (Å²) in [6, 6.07) is 0.0242. The minimum absolute atomic E-state index is 0.0389.